The van der Waals surface area contributed by atoms with Crippen molar-refractivity contribution in [1.82, 2.24) is 4.90 Å². The topological polar surface area (TPSA) is 30.9 Å². The van der Waals surface area contributed by atoms with Crippen LogP contribution in [0.4, 0.5) is 4.39 Å². The van der Waals surface area contributed by atoms with E-state index in [-0.39, 0.29) is 18.0 Å². The number of ether oxygens (including phenoxy) is 3. The summed E-state index contributed by atoms with van der Waals surface area (Å²) in [5.41, 5.74) is 1.18. The minimum absolute atomic E-state index is 0.0968. The molecule has 0 spiro atoms. The average molecular weight is 357 g/mol. The lowest BCUT2D eigenvalue weighted by Gasteiger charge is -2.34. The first-order chi connectivity index (χ1) is 12.8. The van der Waals surface area contributed by atoms with Crippen molar-refractivity contribution in [3.63, 3.8) is 0 Å². The first kappa shape index (κ1) is 17.5. The Morgan fingerprint density at radius 1 is 1.04 bits per heavy atom. The van der Waals surface area contributed by atoms with Crippen LogP contribution in [0.5, 0.6) is 5.75 Å². The summed E-state index contributed by atoms with van der Waals surface area (Å²) in [4.78, 5) is 2.42. The van der Waals surface area contributed by atoms with Gasteiger partial charge in [-0.3, -0.25) is 4.90 Å². The third kappa shape index (κ3) is 4.41. The van der Waals surface area contributed by atoms with Crippen molar-refractivity contribution in [2.24, 2.45) is 0 Å². The van der Waals surface area contributed by atoms with Crippen LogP contribution in [-0.2, 0) is 16.1 Å². The molecule has 4 nitrogen and oxygen atoms in total. The molecule has 2 aliphatic rings. The summed E-state index contributed by atoms with van der Waals surface area (Å²) in [5.74, 6) is 0.479. The third-order valence-electron chi connectivity index (χ3n) is 4.98. The number of hydrogen-bond acceptors (Lipinski definition) is 4. The largest absolute Gasteiger partial charge is 0.489 e. The molecular weight excluding hydrogens is 333 g/mol. The van der Waals surface area contributed by atoms with Crippen LogP contribution in [0.1, 0.15) is 12.0 Å². The molecule has 2 fully saturated rings. The highest BCUT2D eigenvalue weighted by atomic mass is 19.1. The molecule has 3 atom stereocenters. The summed E-state index contributed by atoms with van der Waals surface area (Å²) in [6, 6.07) is 16.8. The standard InChI is InChI=1S/C21H24FNO3/c22-17-6-8-19(9-7-17)26-20-10-18-14-25-21(12-23(18)11-20)15-24-13-16-4-2-1-3-5-16/h1-9,18,20-21H,10-15H2/t18-,20-,21-/m0/s1. The van der Waals surface area contributed by atoms with Gasteiger partial charge in [0.25, 0.3) is 0 Å². The van der Waals surface area contributed by atoms with Crippen molar-refractivity contribution >= 4 is 0 Å². The Hall–Kier alpha value is -1.95. The lowest BCUT2D eigenvalue weighted by molar-refractivity contribution is -0.0862. The summed E-state index contributed by atoms with van der Waals surface area (Å²) in [6.07, 6.45) is 1.16. The van der Waals surface area contributed by atoms with Crippen LogP contribution < -0.4 is 4.74 Å². The molecule has 0 bridgehead atoms. The van der Waals surface area contributed by atoms with Crippen molar-refractivity contribution in [3.05, 3.63) is 66.0 Å². The molecule has 2 saturated heterocycles. The van der Waals surface area contributed by atoms with E-state index in [2.05, 4.69) is 17.0 Å². The summed E-state index contributed by atoms with van der Waals surface area (Å²) in [7, 11) is 0. The van der Waals surface area contributed by atoms with Crippen molar-refractivity contribution in [2.45, 2.75) is 31.3 Å². The molecule has 138 valence electrons. The summed E-state index contributed by atoms with van der Waals surface area (Å²) in [6.45, 7) is 3.66. The molecule has 26 heavy (non-hydrogen) atoms. The minimum atomic E-state index is -0.243. The number of morpholine rings is 1. The Kier molecular flexibility index (Phi) is 5.48. The Bertz CT molecular complexity index is 694. The van der Waals surface area contributed by atoms with Crippen LogP contribution in [0.3, 0.4) is 0 Å². The predicted octanol–water partition coefficient (Wildman–Crippen LogP) is 3.26. The second-order valence-electron chi connectivity index (χ2n) is 6.99. The van der Waals surface area contributed by atoms with Crippen LogP contribution in [0, 0.1) is 5.82 Å². The van der Waals surface area contributed by atoms with E-state index < -0.39 is 0 Å². The van der Waals surface area contributed by atoms with E-state index in [0.717, 1.165) is 25.3 Å². The fourth-order valence-electron chi connectivity index (χ4n) is 3.67. The molecule has 0 N–H and O–H groups in total. The van der Waals surface area contributed by atoms with Gasteiger partial charge in [0, 0.05) is 25.6 Å². The number of hydrogen-bond donors (Lipinski definition) is 0. The van der Waals surface area contributed by atoms with Gasteiger partial charge in [-0.05, 0) is 29.8 Å². The molecule has 0 aliphatic carbocycles. The molecule has 0 saturated carbocycles. The molecule has 0 radical (unpaired) electrons. The first-order valence-electron chi connectivity index (χ1n) is 9.16. The SMILES string of the molecule is Fc1ccc(O[C@H]2C[C@H]3CO[C@H](COCc4ccccc4)CN3C2)cc1. The van der Waals surface area contributed by atoms with Crippen molar-refractivity contribution in [1.29, 1.82) is 0 Å². The molecule has 2 aliphatic heterocycles. The van der Waals surface area contributed by atoms with E-state index in [4.69, 9.17) is 14.2 Å². The Labute approximate surface area is 153 Å². The fourth-order valence-corrected chi connectivity index (χ4v) is 3.67. The summed E-state index contributed by atoms with van der Waals surface area (Å²) < 4.78 is 30.8. The number of nitrogens with zero attached hydrogens (tertiary/aromatic N) is 1. The molecule has 2 aromatic carbocycles. The third-order valence-corrected chi connectivity index (χ3v) is 4.98. The van der Waals surface area contributed by atoms with Gasteiger partial charge >= 0.3 is 0 Å². The van der Waals surface area contributed by atoms with Gasteiger partial charge in [0.15, 0.2) is 0 Å². The number of fused-ring (bicyclic) bond motifs is 1. The fraction of sp³-hybridized carbons (Fsp3) is 0.429. The summed E-state index contributed by atoms with van der Waals surface area (Å²) >= 11 is 0. The molecule has 2 aromatic rings. The van der Waals surface area contributed by atoms with Gasteiger partial charge in [0.2, 0.25) is 0 Å². The normalized spacial score (nSPS) is 25.8. The van der Waals surface area contributed by atoms with Gasteiger partial charge in [0.05, 0.1) is 25.9 Å². The van der Waals surface area contributed by atoms with Crippen LogP contribution in [0.2, 0.25) is 0 Å². The van der Waals surface area contributed by atoms with Gasteiger partial charge in [0.1, 0.15) is 17.7 Å². The second-order valence-corrected chi connectivity index (χ2v) is 6.99. The quantitative estimate of drug-likeness (QED) is 0.794. The Morgan fingerprint density at radius 2 is 1.85 bits per heavy atom. The Balaban J connectivity index is 1.23. The van der Waals surface area contributed by atoms with Crippen LogP contribution >= 0.6 is 0 Å². The van der Waals surface area contributed by atoms with E-state index in [0.29, 0.717) is 25.9 Å². The van der Waals surface area contributed by atoms with Crippen molar-refractivity contribution in [3.8, 4) is 5.75 Å². The van der Waals surface area contributed by atoms with Crippen LogP contribution in [-0.4, -0.2) is 49.5 Å². The van der Waals surface area contributed by atoms with Crippen LogP contribution in [0.15, 0.2) is 54.6 Å². The van der Waals surface area contributed by atoms with Crippen LogP contribution in [0.25, 0.3) is 0 Å². The molecule has 2 heterocycles. The highest BCUT2D eigenvalue weighted by molar-refractivity contribution is 5.22. The van der Waals surface area contributed by atoms with Gasteiger partial charge in [-0.25, -0.2) is 4.39 Å². The highest BCUT2D eigenvalue weighted by Gasteiger charge is 2.38. The van der Waals surface area contributed by atoms with Crippen molar-refractivity contribution in [2.75, 3.05) is 26.3 Å². The molecule has 0 aromatic heterocycles. The molecule has 0 amide bonds. The number of rotatable bonds is 6. The minimum Gasteiger partial charge on any atom is -0.489 e. The zero-order valence-corrected chi connectivity index (χ0v) is 14.7. The lowest BCUT2D eigenvalue weighted by atomic mass is 10.2. The molecule has 5 heteroatoms. The van der Waals surface area contributed by atoms with E-state index in [1.807, 2.05) is 18.2 Å². The number of benzene rings is 2. The van der Waals surface area contributed by atoms with Crippen molar-refractivity contribution < 1.29 is 18.6 Å². The van der Waals surface area contributed by atoms with E-state index >= 15 is 0 Å². The summed E-state index contributed by atoms with van der Waals surface area (Å²) in [5, 5.41) is 0. The van der Waals surface area contributed by atoms with Gasteiger partial charge in [-0.15, -0.1) is 0 Å². The maximum Gasteiger partial charge on any atom is 0.123 e. The zero-order chi connectivity index (χ0) is 17.8. The van der Waals surface area contributed by atoms with E-state index in [9.17, 15) is 4.39 Å². The lowest BCUT2D eigenvalue weighted by Crippen LogP contribution is -2.47. The Morgan fingerprint density at radius 3 is 2.65 bits per heavy atom. The van der Waals surface area contributed by atoms with E-state index in [1.54, 1.807) is 12.1 Å². The van der Waals surface area contributed by atoms with Gasteiger partial charge in [-0.2, -0.15) is 0 Å². The molecule has 4 rings (SSSR count). The molecule has 0 unspecified atom stereocenters. The van der Waals surface area contributed by atoms with Gasteiger partial charge < -0.3 is 14.2 Å². The predicted molar refractivity (Wildman–Crippen MR) is 96.6 cm³/mol. The highest BCUT2D eigenvalue weighted by Crippen LogP contribution is 2.27. The molecular formula is C21H24FNO3. The second kappa shape index (κ2) is 8.16. The monoisotopic (exact) mass is 357 g/mol. The smallest absolute Gasteiger partial charge is 0.123 e. The maximum atomic E-state index is 13.0. The average Bonchev–Trinajstić information content (AvgIpc) is 3.06. The first-order valence-corrected chi connectivity index (χ1v) is 9.16. The number of halogens is 1. The van der Waals surface area contributed by atoms with E-state index in [1.165, 1.54) is 17.7 Å². The maximum absolute atomic E-state index is 13.0. The zero-order valence-electron chi connectivity index (χ0n) is 14.7. The van der Waals surface area contributed by atoms with Gasteiger partial charge in [-0.1, -0.05) is 30.3 Å².